The minimum absolute atomic E-state index is 0.00112. The molecule has 2 N–H and O–H groups in total. The van der Waals surface area contributed by atoms with Crippen LogP contribution < -0.4 is 42.4 Å². The molecular weight excluding hydrogens is 1560 g/mol. The summed E-state index contributed by atoms with van der Waals surface area (Å²) < 4.78 is 56.5. The minimum atomic E-state index is -1.86. The van der Waals surface area contributed by atoms with Crippen LogP contribution in [0, 0.1) is 11.8 Å². The summed E-state index contributed by atoms with van der Waals surface area (Å²) in [6.07, 6.45) is 10.8. The fourth-order valence-corrected chi connectivity index (χ4v) is 27.2. The third-order valence-electron chi connectivity index (χ3n) is 27.3. The number of fused-ring (bicyclic) bond motifs is 2. The first kappa shape index (κ1) is 80.6. The number of nitrogens with one attached hydrogen (secondary N) is 2. The van der Waals surface area contributed by atoms with E-state index in [4.69, 9.17) is 36.2 Å². The lowest BCUT2D eigenvalue weighted by Gasteiger charge is -2.38. The number of nitrogens with zero attached hydrogens (tertiary/aromatic N) is 1. The molecule has 2 amide bonds. The van der Waals surface area contributed by atoms with Crippen LogP contribution in [0.25, 0.3) is 12.2 Å². The zero-order chi connectivity index (χ0) is 84.0. The summed E-state index contributed by atoms with van der Waals surface area (Å²) in [6, 6.07) is 85.4. The van der Waals surface area contributed by atoms with Crippen LogP contribution in [0.3, 0.4) is 0 Å². The average Bonchev–Trinajstić information content (AvgIpc) is 1.53. The molecule has 0 bridgehead atoms. The summed E-state index contributed by atoms with van der Waals surface area (Å²) in [6.45, 7) is 32.8. The standard InChI is InChI=1S/C38H40NO4P.C35H32NO2P.C32H36NO4P/c1-25(22-32(40)39-27-16-10-7-11-17-27)35(26-14-8-6-9-15-26)43-44-41-30-20-12-18-28-33(30)38(23-36(28,2)3)24-37(4,5)29-19-13-21-31(42-44)34(29)38;1-33(2)21-35-22-34(3,4)26-14-10-18-30(32(26)35)38-39(37-29-17-9-13-25(33)31(29)35)36-27-15-7-5-11-23(27)19-20-24-12-6-8-16-28(24)36;1-21(17-27(34)33-22-11-7-6-8-12-22)18-35-38-36-25-15-9-13-23-28(25)32(19-30(23,2)3)20-31(4,5)24-14-10-16-26(37-38)29(24)32/h6-21,25,35H,22-24H2,1-5H3,(H,39,40);5-20H,21-22H2,1-4H3;6-16,21H,17-20H2,1-5H3,(H,33,34)/t25-,35+,38?;;21-,32?/m0.0/s1. The third-order valence-corrected chi connectivity index (χ3v) is 30.9. The van der Waals surface area contributed by atoms with Gasteiger partial charge in [0.2, 0.25) is 11.8 Å². The van der Waals surface area contributed by atoms with Crippen molar-refractivity contribution < 1.29 is 45.8 Å². The lowest BCUT2D eigenvalue weighted by molar-refractivity contribution is -0.118. The topological polar surface area (TPSA) is 135 Å². The number of para-hydroxylation sites is 4. The molecular formula is C105H108N3O10P3. The average molecular weight is 1660 g/mol. The summed E-state index contributed by atoms with van der Waals surface area (Å²) in [4.78, 5) is 25.7. The first-order chi connectivity index (χ1) is 57.9. The first-order valence-electron chi connectivity index (χ1n) is 43.0. The molecule has 3 atom stereocenters. The maximum atomic E-state index is 13.1. The van der Waals surface area contributed by atoms with Crippen molar-refractivity contribution in [3.05, 3.63) is 332 Å². The van der Waals surface area contributed by atoms with Gasteiger partial charge >= 0.3 is 25.7 Å². The molecule has 11 aromatic rings. The molecule has 618 valence electrons. The van der Waals surface area contributed by atoms with Crippen molar-refractivity contribution in [1.82, 2.24) is 0 Å². The maximum absolute atomic E-state index is 13.1. The highest BCUT2D eigenvalue weighted by Gasteiger charge is 2.64. The molecule has 11 aromatic carbocycles. The molecule has 13 nitrogen and oxygen atoms in total. The molecule has 16 heteroatoms. The Morgan fingerprint density at radius 2 is 0.653 bits per heavy atom. The van der Waals surface area contributed by atoms with E-state index in [-0.39, 0.29) is 78.8 Å². The van der Waals surface area contributed by atoms with Crippen LogP contribution in [-0.2, 0) is 67.4 Å². The molecule has 0 aromatic heterocycles. The van der Waals surface area contributed by atoms with Gasteiger partial charge in [0.05, 0.1) is 24.1 Å². The highest BCUT2D eigenvalue weighted by molar-refractivity contribution is 7.50. The summed E-state index contributed by atoms with van der Waals surface area (Å²) in [5.41, 5.74) is 22.9. The second-order valence-electron chi connectivity index (χ2n) is 39.2. The molecule has 0 fully saturated rings. The molecule has 0 unspecified atom stereocenters. The van der Waals surface area contributed by atoms with Gasteiger partial charge < -0.3 is 37.8 Å². The van der Waals surface area contributed by atoms with Gasteiger partial charge in [-0.1, -0.05) is 285 Å². The van der Waals surface area contributed by atoms with Crippen LogP contribution in [0.15, 0.2) is 249 Å². The van der Waals surface area contributed by atoms with Crippen LogP contribution in [0.5, 0.6) is 34.5 Å². The zero-order valence-electron chi connectivity index (χ0n) is 71.8. The SMILES string of the molecule is CC1(C)CC23CC(C)(C)c4cccc(c42)OP(N2c4ccccc4C=Cc4ccccc42)Oc2cccc1c23.C[C@@H](CC(=O)Nc1ccccc1)[C@@H](OP1Oc2cccc3c2C2(CC3(C)C)CC(C)(C)c3cccc(c32)O1)c1ccccc1.C[C@H](COP1Oc2cccc3c2C2(CC3(C)C)CC(C)(C)c3cccc(c32)O1)CC(=O)Nc1ccccc1. The van der Waals surface area contributed by atoms with Crippen LogP contribution in [0.2, 0.25) is 0 Å². The predicted molar refractivity (Wildman–Crippen MR) is 489 cm³/mol. The number of carbonyl (C=O) groups excluding carboxylic acids is 2. The van der Waals surface area contributed by atoms with Gasteiger partial charge in [0.1, 0.15) is 34.5 Å². The van der Waals surface area contributed by atoms with Gasteiger partial charge in [0.15, 0.2) is 0 Å². The smallest absolute Gasteiger partial charge is 0.422 e. The zero-order valence-corrected chi connectivity index (χ0v) is 74.5. The lowest BCUT2D eigenvalue weighted by Crippen LogP contribution is -2.29. The summed E-state index contributed by atoms with van der Waals surface area (Å²) >= 11 is 0. The maximum Gasteiger partial charge on any atom is 0.463 e. The monoisotopic (exact) mass is 1660 g/mol. The molecule has 0 saturated heterocycles. The first-order valence-corrected chi connectivity index (χ1v) is 46.3. The number of amides is 2. The Labute approximate surface area is 717 Å². The Bertz CT molecular complexity index is 5650. The van der Waals surface area contributed by atoms with Gasteiger partial charge in [-0.3, -0.25) is 23.3 Å². The van der Waals surface area contributed by atoms with Crippen molar-refractivity contribution >= 4 is 72.4 Å². The molecule has 6 aliphatic carbocycles. The number of benzene rings is 11. The summed E-state index contributed by atoms with van der Waals surface area (Å²) in [5.74, 6) is 5.12. The molecule has 21 rings (SSSR count). The Morgan fingerprint density at radius 1 is 0.355 bits per heavy atom. The number of hydrogen-bond acceptors (Lipinski definition) is 11. The molecule has 0 radical (unpaired) electrons. The molecule has 4 heterocycles. The fraction of sp³-hybridized carbons (Fsp3) is 0.333. The highest BCUT2D eigenvalue weighted by atomic mass is 31.2. The van der Waals surface area contributed by atoms with Gasteiger partial charge in [0.25, 0.3) is 0 Å². The minimum Gasteiger partial charge on any atom is -0.422 e. The van der Waals surface area contributed by atoms with E-state index in [1.54, 1.807) is 0 Å². The predicted octanol–water partition coefficient (Wildman–Crippen LogP) is 27.4. The molecule has 3 spiro atoms. The largest absolute Gasteiger partial charge is 0.463 e. The summed E-state index contributed by atoms with van der Waals surface area (Å²) in [5, 5.41) is 5.98. The molecule has 4 aliphatic heterocycles. The van der Waals surface area contributed by atoms with E-state index in [1.807, 2.05) is 97.9 Å². The summed E-state index contributed by atoms with van der Waals surface area (Å²) in [7, 11) is -5.14. The molecule has 121 heavy (non-hydrogen) atoms. The highest BCUT2D eigenvalue weighted by Crippen LogP contribution is 2.73. The van der Waals surface area contributed by atoms with Crippen molar-refractivity contribution in [3.63, 3.8) is 0 Å². The Balaban J connectivity index is 0.000000120. The van der Waals surface area contributed by atoms with Gasteiger partial charge in [-0.15, -0.1) is 0 Å². The van der Waals surface area contributed by atoms with Crippen molar-refractivity contribution in [2.75, 3.05) is 21.9 Å². The van der Waals surface area contributed by atoms with E-state index >= 15 is 0 Å². The quantitative estimate of drug-likeness (QED) is 0.101. The number of carbonyl (C=O) groups is 2. The van der Waals surface area contributed by atoms with Crippen LogP contribution in [0.4, 0.5) is 22.7 Å². The number of anilines is 4. The number of rotatable bonds is 14. The van der Waals surface area contributed by atoms with Gasteiger partial charge in [-0.05, 0) is 206 Å². The second-order valence-corrected chi connectivity index (χ2v) is 42.6. The van der Waals surface area contributed by atoms with E-state index in [1.165, 1.54) is 66.8 Å². The van der Waals surface area contributed by atoms with Gasteiger partial charge in [0, 0.05) is 73.8 Å². The number of hydrogen-bond donors (Lipinski definition) is 2. The Kier molecular flexibility index (Phi) is 20.1. The van der Waals surface area contributed by atoms with Crippen molar-refractivity contribution in [2.24, 2.45) is 11.8 Å². The van der Waals surface area contributed by atoms with E-state index in [0.29, 0.717) is 13.0 Å². The fourth-order valence-electron chi connectivity index (χ4n) is 23.2. The van der Waals surface area contributed by atoms with Crippen LogP contribution in [0.1, 0.15) is 238 Å². The van der Waals surface area contributed by atoms with Crippen molar-refractivity contribution in [1.29, 1.82) is 0 Å². The Hall–Kier alpha value is -10.1. The van der Waals surface area contributed by atoms with Crippen LogP contribution >= 0.6 is 25.7 Å². The van der Waals surface area contributed by atoms with Crippen molar-refractivity contribution in [3.8, 4) is 34.5 Å². The lowest BCUT2D eigenvalue weighted by atomic mass is 9.72. The Morgan fingerprint density at radius 3 is 1.00 bits per heavy atom. The van der Waals surface area contributed by atoms with E-state index < -0.39 is 31.8 Å². The van der Waals surface area contributed by atoms with E-state index in [2.05, 4.69) is 275 Å². The van der Waals surface area contributed by atoms with E-state index in [0.717, 1.165) is 112 Å². The van der Waals surface area contributed by atoms with Gasteiger partial charge in [-0.25, -0.2) is 0 Å². The third kappa shape index (κ3) is 14.0. The van der Waals surface area contributed by atoms with Crippen LogP contribution in [-0.4, -0.2) is 18.4 Å². The molecule has 10 aliphatic rings. The molecule has 0 saturated carbocycles. The van der Waals surface area contributed by atoms with Gasteiger partial charge in [-0.2, -0.15) is 0 Å². The second kappa shape index (κ2) is 30.2. The van der Waals surface area contributed by atoms with Crippen molar-refractivity contribution in [2.45, 2.75) is 203 Å². The normalized spacial score (nSPS) is 21.0. The van der Waals surface area contributed by atoms with E-state index in [9.17, 15) is 9.59 Å².